The van der Waals surface area contributed by atoms with Gasteiger partial charge in [0.05, 0.1) is 0 Å². The van der Waals surface area contributed by atoms with E-state index in [2.05, 4.69) is 10.3 Å². The standard InChI is InChI=1S/C16H17F4N3O3/c1-23-8-7-22-14(23)15(25,16(18,19)20)5-6-21-13(24)10-26-12-4-2-3-11(17)9-12/h2-4,7-9,25H,5-6,10H2,1H3,(H,21,24)/t15-/m1/s1. The molecule has 1 aromatic carbocycles. The maximum atomic E-state index is 13.3. The molecule has 0 unspecified atom stereocenters. The molecule has 0 aliphatic rings. The average molecular weight is 375 g/mol. The van der Waals surface area contributed by atoms with E-state index in [1.165, 1.54) is 31.4 Å². The molecule has 0 bridgehead atoms. The van der Waals surface area contributed by atoms with E-state index in [-0.39, 0.29) is 5.75 Å². The van der Waals surface area contributed by atoms with Crippen molar-refractivity contribution in [1.82, 2.24) is 14.9 Å². The number of amides is 1. The summed E-state index contributed by atoms with van der Waals surface area (Å²) in [5, 5.41) is 12.3. The molecule has 142 valence electrons. The van der Waals surface area contributed by atoms with E-state index in [1.807, 2.05) is 0 Å². The minimum Gasteiger partial charge on any atom is -0.484 e. The summed E-state index contributed by atoms with van der Waals surface area (Å²) in [7, 11) is 1.32. The molecule has 26 heavy (non-hydrogen) atoms. The summed E-state index contributed by atoms with van der Waals surface area (Å²) in [6.45, 7) is -0.968. The lowest BCUT2D eigenvalue weighted by atomic mass is 9.97. The van der Waals surface area contributed by atoms with E-state index in [4.69, 9.17) is 4.74 Å². The van der Waals surface area contributed by atoms with Gasteiger partial charge in [-0.3, -0.25) is 4.79 Å². The van der Waals surface area contributed by atoms with Crippen LogP contribution in [0.3, 0.4) is 0 Å². The molecule has 0 fully saturated rings. The quantitative estimate of drug-likeness (QED) is 0.725. The molecule has 0 radical (unpaired) electrons. The summed E-state index contributed by atoms with van der Waals surface area (Å²) >= 11 is 0. The molecule has 1 atom stereocenters. The minimum atomic E-state index is -4.98. The van der Waals surface area contributed by atoms with Crippen LogP contribution in [0.25, 0.3) is 0 Å². The first-order valence-corrected chi connectivity index (χ1v) is 7.55. The third-order valence-electron chi connectivity index (χ3n) is 3.64. The van der Waals surface area contributed by atoms with E-state index in [9.17, 15) is 27.5 Å². The van der Waals surface area contributed by atoms with Crippen LogP contribution in [0.4, 0.5) is 17.6 Å². The van der Waals surface area contributed by atoms with Crippen molar-refractivity contribution < 1.29 is 32.2 Å². The van der Waals surface area contributed by atoms with Gasteiger partial charge in [0, 0.05) is 38.5 Å². The van der Waals surface area contributed by atoms with Gasteiger partial charge in [-0.1, -0.05) is 6.07 Å². The van der Waals surface area contributed by atoms with Crippen molar-refractivity contribution in [3.63, 3.8) is 0 Å². The van der Waals surface area contributed by atoms with Crippen molar-refractivity contribution in [1.29, 1.82) is 0 Å². The van der Waals surface area contributed by atoms with Gasteiger partial charge in [0.25, 0.3) is 5.91 Å². The number of aliphatic hydroxyl groups is 1. The first-order valence-electron chi connectivity index (χ1n) is 7.55. The van der Waals surface area contributed by atoms with Crippen molar-refractivity contribution in [3.05, 3.63) is 48.3 Å². The van der Waals surface area contributed by atoms with Crippen LogP contribution in [-0.2, 0) is 17.4 Å². The Balaban J connectivity index is 1.91. The number of rotatable bonds is 7. The van der Waals surface area contributed by atoms with Crippen LogP contribution in [-0.4, -0.2) is 39.9 Å². The molecule has 1 heterocycles. The van der Waals surface area contributed by atoms with E-state index in [1.54, 1.807) is 0 Å². The largest absolute Gasteiger partial charge is 0.484 e. The predicted octanol–water partition coefficient (Wildman–Crippen LogP) is 1.89. The summed E-state index contributed by atoms with van der Waals surface area (Å²) < 4.78 is 59.0. The number of imidazole rings is 1. The SMILES string of the molecule is Cn1ccnc1[C@](O)(CCNC(=O)COc1cccc(F)c1)C(F)(F)F. The Morgan fingerprint density at radius 1 is 1.38 bits per heavy atom. The lowest BCUT2D eigenvalue weighted by Crippen LogP contribution is -2.47. The molecule has 2 N–H and O–H groups in total. The van der Waals surface area contributed by atoms with Gasteiger partial charge in [0.1, 0.15) is 17.4 Å². The Hall–Kier alpha value is -2.62. The topological polar surface area (TPSA) is 76.4 Å². The Morgan fingerprint density at radius 2 is 2.12 bits per heavy atom. The molecule has 0 aliphatic carbocycles. The molecule has 2 rings (SSSR count). The van der Waals surface area contributed by atoms with Crippen LogP contribution in [0.2, 0.25) is 0 Å². The van der Waals surface area contributed by atoms with E-state index < -0.39 is 48.9 Å². The fourth-order valence-electron chi connectivity index (χ4n) is 2.28. The first-order chi connectivity index (χ1) is 12.1. The number of alkyl halides is 3. The van der Waals surface area contributed by atoms with Gasteiger partial charge in [-0.25, -0.2) is 9.37 Å². The molecule has 10 heteroatoms. The van der Waals surface area contributed by atoms with Crippen LogP contribution in [0.15, 0.2) is 36.7 Å². The molecular formula is C16H17F4N3O3. The van der Waals surface area contributed by atoms with Gasteiger partial charge in [0.15, 0.2) is 6.61 Å². The molecule has 0 aliphatic heterocycles. The number of hydrogen-bond donors (Lipinski definition) is 2. The van der Waals surface area contributed by atoms with Gasteiger partial charge >= 0.3 is 6.18 Å². The molecule has 1 aromatic heterocycles. The zero-order valence-electron chi connectivity index (χ0n) is 13.8. The zero-order valence-corrected chi connectivity index (χ0v) is 13.8. The highest BCUT2D eigenvalue weighted by Gasteiger charge is 2.57. The number of aryl methyl sites for hydroxylation is 1. The normalized spacial score (nSPS) is 13.9. The molecule has 0 spiro atoms. The summed E-state index contributed by atoms with van der Waals surface area (Å²) in [5.41, 5.74) is -3.21. The highest BCUT2D eigenvalue weighted by molar-refractivity contribution is 5.77. The Morgan fingerprint density at radius 3 is 2.69 bits per heavy atom. The highest BCUT2D eigenvalue weighted by Crippen LogP contribution is 2.40. The third-order valence-corrected chi connectivity index (χ3v) is 3.64. The lowest BCUT2D eigenvalue weighted by Gasteiger charge is -2.29. The molecule has 1 amide bonds. The fourth-order valence-corrected chi connectivity index (χ4v) is 2.28. The minimum absolute atomic E-state index is 0.111. The molecule has 2 aromatic rings. The van der Waals surface area contributed by atoms with Gasteiger partial charge < -0.3 is 19.7 Å². The number of carbonyl (C=O) groups is 1. The Bertz CT molecular complexity index is 763. The number of ether oxygens (including phenoxy) is 1. The number of halogens is 4. The monoisotopic (exact) mass is 375 g/mol. The third kappa shape index (κ3) is 4.51. The van der Waals surface area contributed by atoms with Gasteiger partial charge in [-0.15, -0.1) is 0 Å². The molecular weight excluding hydrogens is 358 g/mol. The smallest absolute Gasteiger partial charge is 0.424 e. The number of nitrogens with one attached hydrogen (secondary N) is 1. The number of aromatic nitrogens is 2. The summed E-state index contributed by atoms with van der Waals surface area (Å²) in [6.07, 6.45) is -3.39. The van der Waals surface area contributed by atoms with Gasteiger partial charge in [0.2, 0.25) is 5.60 Å². The average Bonchev–Trinajstić information content (AvgIpc) is 2.98. The second-order valence-electron chi connectivity index (χ2n) is 5.57. The molecule has 6 nitrogen and oxygen atoms in total. The maximum absolute atomic E-state index is 13.3. The number of benzene rings is 1. The fraction of sp³-hybridized carbons (Fsp3) is 0.375. The summed E-state index contributed by atoms with van der Waals surface area (Å²) in [5.74, 6) is -1.72. The van der Waals surface area contributed by atoms with E-state index in [0.717, 1.165) is 16.8 Å². The van der Waals surface area contributed by atoms with Crippen LogP contribution < -0.4 is 10.1 Å². The van der Waals surface area contributed by atoms with E-state index >= 15 is 0 Å². The van der Waals surface area contributed by atoms with E-state index in [0.29, 0.717) is 0 Å². The first kappa shape index (κ1) is 19.7. The van der Waals surface area contributed by atoms with Crippen molar-refractivity contribution in [2.24, 2.45) is 7.05 Å². The van der Waals surface area contributed by atoms with Gasteiger partial charge in [-0.05, 0) is 12.1 Å². The Kier molecular flexibility index (Phi) is 5.86. The van der Waals surface area contributed by atoms with Crippen LogP contribution in [0.5, 0.6) is 5.75 Å². The summed E-state index contributed by atoms with van der Waals surface area (Å²) in [6, 6.07) is 5.08. The molecule has 0 saturated heterocycles. The van der Waals surface area contributed by atoms with Crippen molar-refractivity contribution in [2.45, 2.75) is 18.2 Å². The number of carbonyl (C=O) groups excluding carboxylic acids is 1. The van der Waals surface area contributed by atoms with Crippen LogP contribution >= 0.6 is 0 Å². The Labute approximate surface area is 146 Å². The van der Waals surface area contributed by atoms with Crippen LogP contribution in [0, 0.1) is 5.82 Å². The van der Waals surface area contributed by atoms with Crippen LogP contribution in [0.1, 0.15) is 12.2 Å². The zero-order chi connectivity index (χ0) is 19.4. The number of nitrogens with zero attached hydrogens (tertiary/aromatic N) is 2. The van der Waals surface area contributed by atoms with Crippen molar-refractivity contribution >= 4 is 5.91 Å². The lowest BCUT2D eigenvalue weighted by molar-refractivity contribution is -0.272. The highest BCUT2D eigenvalue weighted by atomic mass is 19.4. The predicted molar refractivity (Wildman–Crippen MR) is 82.7 cm³/mol. The second kappa shape index (κ2) is 7.73. The second-order valence-corrected chi connectivity index (χ2v) is 5.57. The van der Waals surface area contributed by atoms with Crippen molar-refractivity contribution in [2.75, 3.05) is 13.2 Å². The maximum Gasteiger partial charge on any atom is 0.424 e. The van der Waals surface area contributed by atoms with Crippen molar-refractivity contribution in [3.8, 4) is 5.75 Å². The summed E-state index contributed by atoms with van der Waals surface area (Å²) in [4.78, 5) is 15.2. The molecule has 0 saturated carbocycles. The van der Waals surface area contributed by atoms with Gasteiger partial charge in [-0.2, -0.15) is 13.2 Å². The number of hydrogen-bond acceptors (Lipinski definition) is 4.